The molecule has 0 spiro atoms. The molecule has 1 amide bonds. The van der Waals surface area contributed by atoms with Crippen LogP contribution in [0, 0.1) is 0 Å². The van der Waals surface area contributed by atoms with Gasteiger partial charge in [0.05, 0.1) is 36.2 Å². The summed E-state index contributed by atoms with van der Waals surface area (Å²) in [5.41, 5.74) is 0. The molecular weight excluding hydrogens is 406 g/mol. The van der Waals surface area contributed by atoms with Crippen LogP contribution in [0.15, 0.2) is 35.2 Å². The summed E-state index contributed by atoms with van der Waals surface area (Å²) < 4.78 is 33.6. The van der Waals surface area contributed by atoms with Crippen molar-refractivity contribution in [3.63, 3.8) is 0 Å². The Bertz CT molecular complexity index is 768. The molecular formula is C21H33N3O5S. The van der Waals surface area contributed by atoms with E-state index in [1.54, 1.807) is 18.2 Å². The molecule has 1 aromatic carbocycles. The van der Waals surface area contributed by atoms with Crippen LogP contribution in [0.4, 0.5) is 0 Å². The molecule has 30 heavy (non-hydrogen) atoms. The van der Waals surface area contributed by atoms with Gasteiger partial charge in [0.2, 0.25) is 15.9 Å². The summed E-state index contributed by atoms with van der Waals surface area (Å²) in [4.78, 5) is 14.8. The van der Waals surface area contributed by atoms with Gasteiger partial charge in [-0.1, -0.05) is 24.6 Å². The standard InChI is InChI=1S/C21H33N3O5S/c25-16-20-19(23-30(27,28)18-7-3-1-4-8-18)10-9-17(29-20)15-21(26)22-11-14-24-12-5-2-6-13-24/h1,3-4,7-8,17,19-20,23,25H,2,5-6,9-16H2,(H,22,26)/t17-,19+,20+/m1/s1. The van der Waals surface area contributed by atoms with Crippen LogP contribution >= 0.6 is 0 Å². The van der Waals surface area contributed by atoms with E-state index in [2.05, 4.69) is 14.9 Å². The van der Waals surface area contributed by atoms with Crippen molar-refractivity contribution in [2.24, 2.45) is 0 Å². The van der Waals surface area contributed by atoms with Crippen molar-refractivity contribution in [3.8, 4) is 0 Å². The average Bonchev–Trinajstić information content (AvgIpc) is 2.76. The lowest BCUT2D eigenvalue weighted by Gasteiger charge is -2.35. The normalized spacial score (nSPS) is 25.7. The fourth-order valence-corrected chi connectivity index (χ4v) is 5.42. The summed E-state index contributed by atoms with van der Waals surface area (Å²) in [5, 5.41) is 12.6. The lowest BCUT2D eigenvalue weighted by molar-refractivity contribution is -0.130. The number of ether oxygens (including phenoxy) is 1. The Morgan fingerprint density at radius 1 is 1.13 bits per heavy atom. The molecule has 0 radical (unpaired) electrons. The van der Waals surface area contributed by atoms with Crippen molar-refractivity contribution in [1.82, 2.24) is 14.9 Å². The van der Waals surface area contributed by atoms with E-state index < -0.39 is 22.2 Å². The number of aliphatic hydroxyl groups is 1. The number of nitrogens with zero attached hydrogens (tertiary/aromatic N) is 1. The first-order valence-electron chi connectivity index (χ1n) is 10.8. The van der Waals surface area contributed by atoms with Gasteiger partial charge in [0.15, 0.2) is 0 Å². The molecule has 0 aromatic heterocycles. The Morgan fingerprint density at radius 3 is 2.57 bits per heavy atom. The van der Waals surface area contributed by atoms with Crippen LogP contribution in [0.1, 0.15) is 38.5 Å². The van der Waals surface area contributed by atoms with Crippen LogP contribution in [0.3, 0.4) is 0 Å². The fraction of sp³-hybridized carbons (Fsp3) is 0.667. The topological polar surface area (TPSA) is 108 Å². The first kappa shape index (κ1) is 23.1. The second-order valence-electron chi connectivity index (χ2n) is 8.05. The highest BCUT2D eigenvalue weighted by atomic mass is 32.2. The van der Waals surface area contributed by atoms with Gasteiger partial charge in [0, 0.05) is 13.1 Å². The van der Waals surface area contributed by atoms with Crippen molar-refractivity contribution >= 4 is 15.9 Å². The van der Waals surface area contributed by atoms with Gasteiger partial charge in [-0.25, -0.2) is 13.1 Å². The van der Waals surface area contributed by atoms with E-state index >= 15 is 0 Å². The van der Waals surface area contributed by atoms with E-state index in [0.29, 0.717) is 19.4 Å². The quantitative estimate of drug-likeness (QED) is 0.527. The minimum atomic E-state index is -3.69. The Labute approximate surface area is 179 Å². The minimum absolute atomic E-state index is 0.0722. The van der Waals surface area contributed by atoms with E-state index in [4.69, 9.17) is 4.74 Å². The van der Waals surface area contributed by atoms with Crippen molar-refractivity contribution < 1.29 is 23.1 Å². The van der Waals surface area contributed by atoms with E-state index in [1.165, 1.54) is 31.4 Å². The average molecular weight is 440 g/mol. The number of aliphatic hydroxyl groups excluding tert-OH is 1. The highest BCUT2D eigenvalue weighted by Crippen LogP contribution is 2.23. The molecule has 2 saturated heterocycles. The number of amides is 1. The molecule has 9 heteroatoms. The smallest absolute Gasteiger partial charge is 0.240 e. The van der Waals surface area contributed by atoms with Gasteiger partial charge in [0.25, 0.3) is 0 Å². The van der Waals surface area contributed by atoms with Crippen LogP contribution in [-0.4, -0.2) is 75.4 Å². The molecule has 1 aromatic rings. The highest BCUT2D eigenvalue weighted by molar-refractivity contribution is 7.89. The van der Waals surface area contributed by atoms with Crippen molar-refractivity contribution in [1.29, 1.82) is 0 Å². The summed E-state index contributed by atoms with van der Waals surface area (Å²) in [6.45, 7) is 3.36. The monoisotopic (exact) mass is 439 g/mol. The molecule has 2 fully saturated rings. The van der Waals surface area contributed by atoms with Gasteiger partial charge in [-0.3, -0.25) is 4.79 Å². The molecule has 8 nitrogen and oxygen atoms in total. The molecule has 0 saturated carbocycles. The lowest BCUT2D eigenvalue weighted by Crippen LogP contribution is -2.51. The van der Waals surface area contributed by atoms with Gasteiger partial charge in [0.1, 0.15) is 0 Å². The van der Waals surface area contributed by atoms with Crippen LogP contribution in [0.2, 0.25) is 0 Å². The minimum Gasteiger partial charge on any atom is -0.394 e. The number of piperidine rings is 1. The van der Waals surface area contributed by atoms with Crippen molar-refractivity contribution in [2.75, 3.05) is 32.8 Å². The molecule has 2 aliphatic heterocycles. The zero-order valence-corrected chi connectivity index (χ0v) is 18.1. The Morgan fingerprint density at radius 2 is 1.87 bits per heavy atom. The largest absolute Gasteiger partial charge is 0.394 e. The number of rotatable bonds is 9. The summed E-state index contributed by atoms with van der Waals surface area (Å²) in [5.74, 6) is -0.0722. The Kier molecular flexibility index (Phi) is 8.64. The van der Waals surface area contributed by atoms with Crippen molar-refractivity contribution in [3.05, 3.63) is 30.3 Å². The SMILES string of the molecule is O=C(C[C@H]1CC[C@H](NS(=O)(=O)c2ccccc2)[C@H](CO)O1)NCCN1CCCCC1. The molecule has 3 rings (SSSR count). The van der Waals surface area contributed by atoms with Crippen LogP contribution in [0.25, 0.3) is 0 Å². The predicted octanol–water partition coefficient (Wildman–Crippen LogP) is 0.866. The number of carbonyl (C=O) groups is 1. The zero-order chi connectivity index (χ0) is 21.4. The number of likely N-dealkylation sites (tertiary alicyclic amines) is 1. The maximum atomic E-state index is 12.6. The van der Waals surface area contributed by atoms with Crippen LogP contribution < -0.4 is 10.0 Å². The summed E-state index contributed by atoms with van der Waals surface area (Å²) >= 11 is 0. The number of hydrogen-bond acceptors (Lipinski definition) is 6. The van der Waals surface area contributed by atoms with Gasteiger partial charge in [-0.2, -0.15) is 0 Å². The third kappa shape index (κ3) is 6.75. The lowest BCUT2D eigenvalue weighted by atomic mass is 9.98. The number of sulfonamides is 1. The summed E-state index contributed by atoms with van der Waals surface area (Å²) in [6.07, 6.45) is 4.01. The number of carbonyl (C=O) groups excluding carboxylic acids is 1. The second-order valence-corrected chi connectivity index (χ2v) is 9.77. The van der Waals surface area contributed by atoms with E-state index in [-0.39, 0.29) is 29.9 Å². The van der Waals surface area contributed by atoms with Gasteiger partial charge in [-0.15, -0.1) is 0 Å². The maximum Gasteiger partial charge on any atom is 0.240 e. The van der Waals surface area contributed by atoms with Crippen LogP contribution in [0.5, 0.6) is 0 Å². The third-order valence-corrected chi connectivity index (χ3v) is 7.27. The molecule has 2 heterocycles. The highest BCUT2D eigenvalue weighted by Gasteiger charge is 2.34. The molecule has 3 atom stereocenters. The molecule has 0 bridgehead atoms. The van der Waals surface area contributed by atoms with Gasteiger partial charge < -0.3 is 20.1 Å². The summed E-state index contributed by atoms with van der Waals surface area (Å²) in [6, 6.07) is 7.60. The molecule has 3 N–H and O–H groups in total. The van der Waals surface area contributed by atoms with E-state index in [9.17, 15) is 18.3 Å². The first-order valence-corrected chi connectivity index (χ1v) is 12.3. The molecule has 0 aliphatic carbocycles. The van der Waals surface area contributed by atoms with E-state index in [1.807, 2.05) is 0 Å². The molecule has 2 aliphatic rings. The molecule has 0 unspecified atom stereocenters. The van der Waals surface area contributed by atoms with Crippen LogP contribution in [-0.2, 0) is 19.6 Å². The number of nitrogens with one attached hydrogen (secondary N) is 2. The second kappa shape index (κ2) is 11.2. The molecule has 168 valence electrons. The predicted molar refractivity (Wildman–Crippen MR) is 113 cm³/mol. The maximum absolute atomic E-state index is 12.6. The number of benzene rings is 1. The van der Waals surface area contributed by atoms with Gasteiger partial charge in [-0.05, 0) is 50.9 Å². The number of hydrogen-bond donors (Lipinski definition) is 3. The Balaban J connectivity index is 1.44. The van der Waals surface area contributed by atoms with Gasteiger partial charge >= 0.3 is 0 Å². The summed E-state index contributed by atoms with van der Waals surface area (Å²) in [7, 11) is -3.69. The van der Waals surface area contributed by atoms with Crippen molar-refractivity contribution in [2.45, 2.75) is 61.7 Å². The third-order valence-electron chi connectivity index (χ3n) is 5.77. The Hall–Kier alpha value is -1.52. The first-order chi connectivity index (χ1) is 14.5. The fourth-order valence-electron chi connectivity index (χ4n) is 4.10. The van der Waals surface area contributed by atoms with E-state index in [0.717, 1.165) is 19.6 Å². The zero-order valence-electron chi connectivity index (χ0n) is 17.3.